The third kappa shape index (κ3) is 5.30. The SMILES string of the molecule is O=C(CCN1C(=O)/C(=C/c2ccc(F)cc2)SC1=S)OCc1cc(-c2ccccc2)no1. The summed E-state index contributed by atoms with van der Waals surface area (Å²) in [6.45, 7) is 0.0530. The number of esters is 1. The van der Waals surface area contributed by atoms with Gasteiger partial charge in [-0.05, 0) is 23.8 Å². The quantitative estimate of drug-likeness (QED) is 0.280. The van der Waals surface area contributed by atoms with Crippen molar-refractivity contribution in [3.63, 3.8) is 0 Å². The number of thioether (sulfide) groups is 1. The first-order valence-electron chi connectivity index (χ1n) is 9.67. The summed E-state index contributed by atoms with van der Waals surface area (Å²) in [5.74, 6) is -0.709. The standard InChI is InChI=1S/C23H17FN2O4S2/c24-17-8-6-15(7-9-17)12-20-22(28)26(23(31)32-20)11-10-21(27)29-14-18-13-19(25-30-18)16-4-2-1-3-5-16/h1-9,12-13H,10-11,14H2/b20-12-. The zero-order valence-electron chi connectivity index (χ0n) is 16.7. The first-order chi connectivity index (χ1) is 15.5. The zero-order valence-corrected chi connectivity index (χ0v) is 18.3. The Morgan fingerprint density at radius 2 is 1.94 bits per heavy atom. The van der Waals surface area contributed by atoms with Gasteiger partial charge in [0.05, 0.1) is 11.3 Å². The molecule has 1 aliphatic rings. The van der Waals surface area contributed by atoms with Gasteiger partial charge in [0.2, 0.25) is 0 Å². The largest absolute Gasteiger partial charge is 0.457 e. The second-order valence-corrected chi connectivity index (χ2v) is 8.52. The number of rotatable bonds is 7. The van der Waals surface area contributed by atoms with Crippen LogP contribution < -0.4 is 0 Å². The molecular weight excluding hydrogens is 451 g/mol. The first kappa shape index (κ1) is 21.9. The number of thiocarbonyl (C=S) groups is 1. The van der Waals surface area contributed by atoms with E-state index in [2.05, 4.69) is 5.16 Å². The number of ether oxygens (including phenoxy) is 1. The molecule has 0 spiro atoms. The van der Waals surface area contributed by atoms with E-state index >= 15 is 0 Å². The monoisotopic (exact) mass is 468 g/mol. The molecule has 32 heavy (non-hydrogen) atoms. The molecule has 0 atom stereocenters. The van der Waals surface area contributed by atoms with Gasteiger partial charge in [-0.1, -0.05) is 71.6 Å². The third-order valence-electron chi connectivity index (χ3n) is 4.58. The maximum Gasteiger partial charge on any atom is 0.308 e. The Morgan fingerprint density at radius 1 is 1.19 bits per heavy atom. The molecule has 2 heterocycles. The lowest BCUT2D eigenvalue weighted by Crippen LogP contribution is -2.30. The van der Waals surface area contributed by atoms with Crippen molar-refractivity contribution >= 4 is 46.3 Å². The molecule has 162 valence electrons. The third-order valence-corrected chi connectivity index (χ3v) is 5.96. The van der Waals surface area contributed by atoms with Crippen molar-refractivity contribution < 1.29 is 23.2 Å². The van der Waals surface area contributed by atoms with Crippen LogP contribution in [0.4, 0.5) is 4.39 Å². The van der Waals surface area contributed by atoms with E-state index < -0.39 is 5.97 Å². The van der Waals surface area contributed by atoms with Gasteiger partial charge < -0.3 is 9.26 Å². The van der Waals surface area contributed by atoms with E-state index in [4.69, 9.17) is 21.5 Å². The first-order valence-corrected chi connectivity index (χ1v) is 10.9. The average molecular weight is 469 g/mol. The number of amides is 1. The van der Waals surface area contributed by atoms with E-state index in [0.717, 1.165) is 17.3 Å². The van der Waals surface area contributed by atoms with Crippen LogP contribution in [0.1, 0.15) is 17.7 Å². The number of carbonyl (C=O) groups is 2. The molecule has 2 aromatic carbocycles. The van der Waals surface area contributed by atoms with Gasteiger partial charge in [0.25, 0.3) is 5.91 Å². The van der Waals surface area contributed by atoms with Crippen molar-refractivity contribution in [1.82, 2.24) is 10.1 Å². The van der Waals surface area contributed by atoms with Crippen molar-refractivity contribution in [2.45, 2.75) is 13.0 Å². The van der Waals surface area contributed by atoms with Crippen LogP contribution in [-0.2, 0) is 20.9 Å². The van der Waals surface area contributed by atoms with Crippen molar-refractivity contribution in [2.24, 2.45) is 0 Å². The number of hydrogen-bond acceptors (Lipinski definition) is 7. The van der Waals surface area contributed by atoms with Crippen LogP contribution in [0.5, 0.6) is 0 Å². The molecule has 9 heteroatoms. The van der Waals surface area contributed by atoms with Gasteiger partial charge in [0.15, 0.2) is 12.4 Å². The number of hydrogen-bond donors (Lipinski definition) is 0. The van der Waals surface area contributed by atoms with Crippen LogP contribution in [0, 0.1) is 5.82 Å². The molecule has 0 radical (unpaired) electrons. The van der Waals surface area contributed by atoms with Crippen LogP contribution in [-0.4, -0.2) is 32.8 Å². The highest BCUT2D eigenvalue weighted by atomic mass is 32.2. The summed E-state index contributed by atoms with van der Waals surface area (Å²) in [5.41, 5.74) is 2.24. The van der Waals surface area contributed by atoms with Crippen LogP contribution in [0.3, 0.4) is 0 Å². The lowest BCUT2D eigenvalue weighted by molar-refractivity contribution is -0.145. The molecule has 1 saturated heterocycles. The molecule has 1 amide bonds. The fourth-order valence-corrected chi connectivity index (χ4v) is 4.26. The predicted molar refractivity (Wildman–Crippen MR) is 123 cm³/mol. The minimum absolute atomic E-state index is 0.0179. The molecule has 0 N–H and O–H groups in total. The Morgan fingerprint density at radius 3 is 2.69 bits per heavy atom. The summed E-state index contributed by atoms with van der Waals surface area (Å²) in [7, 11) is 0. The smallest absolute Gasteiger partial charge is 0.308 e. The van der Waals surface area contributed by atoms with Crippen molar-refractivity contribution in [3.8, 4) is 11.3 Å². The Hall–Kier alpha value is -3.30. The van der Waals surface area contributed by atoms with Gasteiger partial charge in [0, 0.05) is 18.2 Å². The molecule has 1 fully saturated rings. The minimum atomic E-state index is -0.487. The highest BCUT2D eigenvalue weighted by Gasteiger charge is 2.32. The Kier molecular flexibility index (Phi) is 6.77. The van der Waals surface area contributed by atoms with E-state index in [1.54, 1.807) is 24.3 Å². The van der Waals surface area contributed by atoms with E-state index in [9.17, 15) is 14.0 Å². The second kappa shape index (κ2) is 9.88. The molecule has 0 unspecified atom stereocenters. The van der Waals surface area contributed by atoms with E-state index in [1.807, 2.05) is 30.3 Å². The molecule has 0 bridgehead atoms. The fraction of sp³-hybridized carbons (Fsp3) is 0.130. The summed E-state index contributed by atoms with van der Waals surface area (Å²) >= 11 is 6.41. The predicted octanol–water partition coefficient (Wildman–Crippen LogP) is 4.82. The molecule has 0 saturated carbocycles. The molecular formula is C23H17FN2O4S2. The maximum absolute atomic E-state index is 13.1. The van der Waals surface area contributed by atoms with E-state index in [-0.39, 0.29) is 31.3 Å². The van der Waals surface area contributed by atoms with Crippen molar-refractivity contribution in [1.29, 1.82) is 0 Å². The molecule has 3 aromatic rings. The summed E-state index contributed by atoms with van der Waals surface area (Å²) in [4.78, 5) is 26.5. The summed E-state index contributed by atoms with van der Waals surface area (Å²) in [5, 5.41) is 3.97. The van der Waals surface area contributed by atoms with Gasteiger partial charge in [0.1, 0.15) is 15.8 Å². The van der Waals surface area contributed by atoms with Crippen LogP contribution >= 0.6 is 24.0 Å². The van der Waals surface area contributed by atoms with Gasteiger partial charge in [-0.25, -0.2) is 4.39 Å². The summed E-state index contributed by atoms with van der Waals surface area (Å²) in [6.07, 6.45) is 1.63. The lowest BCUT2D eigenvalue weighted by Gasteiger charge is -2.13. The minimum Gasteiger partial charge on any atom is -0.457 e. The van der Waals surface area contributed by atoms with Gasteiger partial charge in [-0.15, -0.1) is 0 Å². The molecule has 6 nitrogen and oxygen atoms in total. The summed E-state index contributed by atoms with van der Waals surface area (Å²) in [6, 6.07) is 17.0. The highest BCUT2D eigenvalue weighted by Crippen LogP contribution is 2.32. The number of halogens is 1. The number of carbonyl (C=O) groups excluding carboxylic acids is 2. The average Bonchev–Trinajstić information content (AvgIpc) is 3.38. The fourth-order valence-electron chi connectivity index (χ4n) is 2.96. The second-order valence-electron chi connectivity index (χ2n) is 6.84. The summed E-state index contributed by atoms with van der Waals surface area (Å²) < 4.78 is 23.9. The molecule has 0 aliphatic carbocycles. The van der Waals surface area contributed by atoms with E-state index in [1.165, 1.54) is 17.0 Å². The highest BCUT2D eigenvalue weighted by molar-refractivity contribution is 8.26. The van der Waals surface area contributed by atoms with Gasteiger partial charge in [-0.2, -0.15) is 0 Å². The maximum atomic E-state index is 13.1. The molecule has 1 aliphatic heterocycles. The van der Waals surface area contributed by atoms with Crippen molar-refractivity contribution in [2.75, 3.05) is 6.54 Å². The number of nitrogens with zero attached hydrogens (tertiary/aromatic N) is 2. The van der Waals surface area contributed by atoms with Gasteiger partial charge in [-0.3, -0.25) is 14.5 Å². The Balaban J connectivity index is 1.28. The van der Waals surface area contributed by atoms with E-state index in [0.29, 0.717) is 26.2 Å². The molecule has 1 aromatic heterocycles. The lowest BCUT2D eigenvalue weighted by atomic mass is 10.1. The topological polar surface area (TPSA) is 72.6 Å². The van der Waals surface area contributed by atoms with Crippen molar-refractivity contribution in [3.05, 3.63) is 82.7 Å². The number of aromatic nitrogens is 1. The van der Waals surface area contributed by atoms with Crippen LogP contribution in [0.25, 0.3) is 17.3 Å². The zero-order chi connectivity index (χ0) is 22.5. The normalized spacial score (nSPS) is 14.9. The number of benzene rings is 2. The van der Waals surface area contributed by atoms with Crippen LogP contribution in [0.15, 0.2) is 70.1 Å². The Bertz CT molecular complexity index is 1180. The van der Waals surface area contributed by atoms with Crippen LogP contribution in [0.2, 0.25) is 0 Å². The Labute approximate surface area is 193 Å². The molecule has 4 rings (SSSR count). The van der Waals surface area contributed by atoms with Gasteiger partial charge >= 0.3 is 5.97 Å².